The summed E-state index contributed by atoms with van der Waals surface area (Å²) >= 11 is 1.50. The maximum absolute atomic E-state index is 13.1. The number of aromatic amines is 1. The van der Waals surface area contributed by atoms with Gasteiger partial charge >= 0.3 is 0 Å². The fourth-order valence-corrected chi connectivity index (χ4v) is 4.43. The molecule has 1 aliphatic heterocycles. The Hall–Kier alpha value is -3.30. The molecule has 9 heteroatoms. The first-order valence-corrected chi connectivity index (χ1v) is 9.93. The molecule has 0 aliphatic carbocycles. The predicted octanol–water partition coefficient (Wildman–Crippen LogP) is 3.25. The van der Waals surface area contributed by atoms with Gasteiger partial charge in [-0.15, -0.1) is 11.3 Å². The maximum Gasteiger partial charge on any atom is 0.259 e. The van der Waals surface area contributed by atoms with E-state index in [1.807, 2.05) is 25.1 Å². The normalized spacial score (nSPS) is 12.9. The Morgan fingerprint density at radius 3 is 2.93 bits per heavy atom. The number of carbonyl (C=O) groups is 1. The summed E-state index contributed by atoms with van der Waals surface area (Å²) in [5.74, 6) is 0.405. The van der Waals surface area contributed by atoms with Gasteiger partial charge in [-0.05, 0) is 19.1 Å². The van der Waals surface area contributed by atoms with Crippen molar-refractivity contribution in [3.63, 3.8) is 0 Å². The van der Waals surface area contributed by atoms with E-state index >= 15 is 0 Å². The summed E-state index contributed by atoms with van der Waals surface area (Å²) in [4.78, 5) is 23.1. The largest absolute Gasteiger partial charge is 0.496 e. The van der Waals surface area contributed by atoms with Crippen LogP contribution in [0.4, 0.5) is 5.13 Å². The molecule has 1 amide bonds. The van der Waals surface area contributed by atoms with E-state index in [2.05, 4.69) is 30.8 Å². The van der Waals surface area contributed by atoms with E-state index in [0.717, 1.165) is 51.4 Å². The van der Waals surface area contributed by atoms with Crippen LogP contribution >= 0.6 is 11.3 Å². The summed E-state index contributed by atoms with van der Waals surface area (Å²) in [7, 11) is 1.61. The van der Waals surface area contributed by atoms with Gasteiger partial charge in [0.25, 0.3) is 5.91 Å². The number of amides is 1. The van der Waals surface area contributed by atoms with Crippen molar-refractivity contribution >= 4 is 33.3 Å². The van der Waals surface area contributed by atoms with Gasteiger partial charge in [-0.1, -0.05) is 0 Å². The number of pyridine rings is 1. The van der Waals surface area contributed by atoms with Crippen molar-refractivity contribution < 1.29 is 9.53 Å². The molecule has 29 heavy (non-hydrogen) atoms. The Balaban J connectivity index is 1.57. The molecule has 3 N–H and O–H groups in total. The number of ether oxygens (including phenoxy) is 1. The van der Waals surface area contributed by atoms with Crippen LogP contribution in [0.1, 0.15) is 26.6 Å². The van der Waals surface area contributed by atoms with Gasteiger partial charge in [0.05, 0.1) is 30.1 Å². The van der Waals surface area contributed by atoms with Crippen molar-refractivity contribution in [3.8, 4) is 16.9 Å². The summed E-state index contributed by atoms with van der Waals surface area (Å²) in [5, 5.41) is 14.7. The first-order valence-electron chi connectivity index (χ1n) is 9.11. The second kappa shape index (κ2) is 6.94. The van der Waals surface area contributed by atoms with Crippen LogP contribution in [-0.2, 0) is 13.1 Å². The van der Waals surface area contributed by atoms with Crippen LogP contribution in [0.3, 0.4) is 0 Å². The van der Waals surface area contributed by atoms with Crippen LogP contribution in [0.2, 0.25) is 0 Å². The molecular weight excluding hydrogens is 388 g/mol. The predicted molar refractivity (Wildman–Crippen MR) is 111 cm³/mol. The Morgan fingerprint density at radius 1 is 1.21 bits per heavy atom. The second-order valence-corrected chi connectivity index (χ2v) is 7.91. The SMILES string of the molecule is COc1cc2[nH]ncc2cc1-c1cc(C)ncc1C(=O)Nc1nc2c(s1)CNC2. The summed E-state index contributed by atoms with van der Waals surface area (Å²) in [5.41, 5.74) is 4.70. The zero-order chi connectivity index (χ0) is 20.0. The first-order chi connectivity index (χ1) is 14.1. The lowest BCUT2D eigenvalue weighted by molar-refractivity contribution is 0.102. The molecule has 8 nitrogen and oxygen atoms in total. The van der Waals surface area contributed by atoms with E-state index in [1.165, 1.54) is 11.3 Å². The van der Waals surface area contributed by atoms with Gasteiger partial charge in [-0.3, -0.25) is 20.2 Å². The molecule has 5 rings (SSSR count). The highest BCUT2D eigenvalue weighted by atomic mass is 32.1. The lowest BCUT2D eigenvalue weighted by atomic mass is 9.98. The number of hydrogen-bond acceptors (Lipinski definition) is 7. The molecular formula is C20H18N6O2S. The Kier molecular flexibility index (Phi) is 4.26. The molecule has 0 bridgehead atoms. The van der Waals surface area contributed by atoms with E-state index in [1.54, 1.807) is 19.5 Å². The van der Waals surface area contributed by atoms with Crippen LogP contribution in [0.25, 0.3) is 22.0 Å². The van der Waals surface area contributed by atoms with Crippen LogP contribution in [0.5, 0.6) is 5.75 Å². The molecule has 0 saturated heterocycles. The summed E-state index contributed by atoms with van der Waals surface area (Å²) in [6.45, 7) is 3.43. The Labute approximate surface area is 170 Å². The van der Waals surface area contributed by atoms with E-state index in [-0.39, 0.29) is 5.91 Å². The molecule has 0 saturated carbocycles. The minimum atomic E-state index is -0.248. The fourth-order valence-electron chi connectivity index (χ4n) is 3.49. The lowest BCUT2D eigenvalue weighted by Gasteiger charge is -2.13. The van der Waals surface area contributed by atoms with Crippen molar-refractivity contribution in [1.29, 1.82) is 0 Å². The van der Waals surface area contributed by atoms with Gasteiger partial charge in [-0.2, -0.15) is 5.10 Å². The smallest absolute Gasteiger partial charge is 0.259 e. The molecule has 1 aromatic carbocycles. The first kappa shape index (κ1) is 17.8. The third kappa shape index (κ3) is 3.14. The van der Waals surface area contributed by atoms with Crippen molar-refractivity contribution in [2.75, 3.05) is 12.4 Å². The van der Waals surface area contributed by atoms with Crippen LogP contribution in [-0.4, -0.2) is 33.2 Å². The summed E-state index contributed by atoms with van der Waals surface area (Å²) in [6, 6.07) is 5.74. The zero-order valence-corrected chi connectivity index (χ0v) is 16.7. The minimum absolute atomic E-state index is 0.248. The van der Waals surface area contributed by atoms with Gasteiger partial charge in [0.2, 0.25) is 0 Å². The topological polar surface area (TPSA) is 105 Å². The van der Waals surface area contributed by atoms with E-state index < -0.39 is 0 Å². The lowest BCUT2D eigenvalue weighted by Crippen LogP contribution is -2.14. The highest BCUT2D eigenvalue weighted by Crippen LogP contribution is 2.36. The van der Waals surface area contributed by atoms with Crippen LogP contribution < -0.4 is 15.4 Å². The third-order valence-electron chi connectivity index (χ3n) is 4.91. The number of aryl methyl sites for hydroxylation is 1. The number of rotatable bonds is 4. The molecule has 0 radical (unpaired) electrons. The van der Waals surface area contributed by atoms with Gasteiger partial charge in [-0.25, -0.2) is 4.98 Å². The van der Waals surface area contributed by atoms with Gasteiger partial charge in [0, 0.05) is 52.4 Å². The van der Waals surface area contributed by atoms with Crippen molar-refractivity contribution in [2.45, 2.75) is 20.0 Å². The molecule has 1 aliphatic rings. The minimum Gasteiger partial charge on any atom is -0.496 e. The van der Waals surface area contributed by atoms with Crippen molar-refractivity contribution in [3.05, 3.63) is 52.4 Å². The van der Waals surface area contributed by atoms with Gasteiger partial charge < -0.3 is 10.1 Å². The van der Waals surface area contributed by atoms with Crippen LogP contribution in [0, 0.1) is 6.92 Å². The number of H-pyrrole nitrogens is 1. The standard InChI is InChI=1S/C20H18N6O2S/c1-10-3-12(13-4-11-6-23-26-15(11)5-17(13)28-2)14(7-22-10)19(27)25-20-24-16-8-21-9-18(16)29-20/h3-7,21H,8-9H2,1-2H3,(H,23,26)(H,24,25,27). The molecule has 0 fully saturated rings. The molecule has 4 aromatic rings. The number of carbonyl (C=O) groups excluding carboxylic acids is 1. The fraction of sp³-hybridized carbons (Fsp3) is 0.200. The number of fused-ring (bicyclic) bond motifs is 2. The Morgan fingerprint density at radius 2 is 2.10 bits per heavy atom. The number of hydrogen-bond donors (Lipinski definition) is 3. The monoisotopic (exact) mass is 406 g/mol. The van der Waals surface area contributed by atoms with E-state index in [0.29, 0.717) is 16.4 Å². The van der Waals surface area contributed by atoms with Crippen molar-refractivity contribution in [2.24, 2.45) is 0 Å². The number of aromatic nitrogens is 4. The number of nitrogens with one attached hydrogen (secondary N) is 3. The number of thiazole rings is 1. The summed E-state index contributed by atoms with van der Waals surface area (Å²) in [6.07, 6.45) is 3.35. The highest BCUT2D eigenvalue weighted by molar-refractivity contribution is 7.15. The molecule has 4 heterocycles. The zero-order valence-electron chi connectivity index (χ0n) is 15.9. The van der Waals surface area contributed by atoms with Gasteiger partial charge in [0.15, 0.2) is 5.13 Å². The quantitative estimate of drug-likeness (QED) is 0.481. The molecule has 0 spiro atoms. The molecule has 0 atom stereocenters. The molecule has 3 aromatic heterocycles. The summed E-state index contributed by atoms with van der Waals surface area (Å²) < 4.78 is 5.59. The molecule has 0 unspecified atom stereocenters. The average molecular weight is 406 g/mol. The highest BCUT2D eigenvalue weighted by Gasteiger charge is 2.21. The Bertz CT molecular complexity index is 1220. The van der Waals surface area contributed by atoms with Gasteiger partial charge in [0.1, 0.15) is 5.75 Å². The average Bonchev–Trinajstić information content (AvgIpc) is 3.42. The van der Waals surface area contributed by atoms with E-state index in [4.69, 9.17) is 4.74 Å². The number of methoxy groups -OCH3 is 1. The van der Waals surface area contributed by atoms with Crippen LogP contribution in [0.15, 0.2) is 30.6 Å². The second-order valence-electron chi connectivity index (χ2n) is 6.83. The number of nitrogens with zero attached hydrogens (tertiary/aromatic N) is 3. The molecule has 146 valence electrons. The maximum atomic E-state index is 13.1. The van der Waals surface area contributed by atoms with Crippen molar-refractivity contribution in [1.82, 2.24) is 25.5 Å². The number of benzene rings is 1. The van der Waals surface area contributed by atoms with E-state index in [9.17, 15) is 4.79 Å². The number of anilines is 1. The third-order valence-corrected chi connectivity index (χ3v) is 5.93.